The summed E-state index contributed by atoms with van der Waals surface area (Å²) >= 11 is 1.46. The molecule has 1 aromatic carbocycles. The molecule has 1 N–H and O–H groups in total. The van der Waals surface area contributed by atoms with Crippen LogP contribution in [-0.4, -0.2) is 74.0 Å². The molecule has 2 aliphatic heterocycles. The van der Waals surface area contributed by atoms with Gasteiger partial charge in [-0.1, -0.05) is 6.07 Å². The van der Waals surface area contributed by atoms with E-state index >= 15 is 0 Å². The van der Waals surface area contributed by atoms with Crippen LogP contribution < -0.4 is 10.2 Å². The average Bonchev–Trinajstić information content (AvgIpc) is 3.35. The highest BCUT2D eigenvalue weighted by atomic mass is 32.1. The Morgan fingerprint density at radius 3 is 2.35 bits per heavy atom. The van der Waals surface area contributed by atoms with Crippen LogP contribution in [0.25, 0.3) is 0 Å². The van der Waals surface area contributed by atoms with Crippen molar-refractivity contribution in [2.24, 2.45) is 5.92 Å². The number of nitrogens with one attached hydrogen (secondary N) is 1. The van der Waals surface area contributed by atoms with E-state index in [2.05, 4.69) is 15.1 Å². The molecule has 8 heteroatoms. The van der Waals surface area contributed by atoms with Crippen LogP contribution in [0.15, 0.2) is 41.8 Å². The normalized spacial score (nSPS) is 18.2. The maximum absolute atomic E-state index is 13.1. The maximum Gasteiger partial charge on any atom is 0.263 e. The number of anilines is 1. The van der Waals surface area contributed by atoms with Gasteiger partial charge >= 0.3 is 0 Å². The fraction of sp³-hybridized carbons (Fsp3) is 0.478. The van der Waals surface area contributed by atoms with E-state index in [9.17, 15) is 14.0 Å². The minimum atomic E-state index is -0.210. The van der Waals surface area contributed by atoms with Gasteiger partial charge in [-0.25, -0.2) is 4.39 Å². The highest BCUT2D eigenvalue weighted by Crippen LogP contribution is 2.21. The molecule has 0 atom stereocenters. The lowest BCUT2D eigenvalue weighted by Crippen LogP contribution is -2.49. The van der Waals surface area contributed by atoms with Gasteiger partial charge in [0.15, 0.2) is 0 Å². The molecule has 2 aliphatic rings. The average molecular weight is 445 g/mol. The highest BCUT2D eigenvalue weighted by Gasteiger charge is 2.28. The number of hydrogen-bond donors (Lipinski definition) is 1. The fourth-order valence-electron chi connectivity index (χ4n) is 4.26. The number of benzene rings is 1. The monoisotopic (exact) mass is 444 g/mol. The molecule has 2 saturated heterocycles. The first-order chi connectivity index (χ1) is 15.1. The SMILES string of the molecule is O=C(NCCN1CCN(c2ccc(F)cc2)CC1)C1CCN(C(=O)c2cccs2)CC1. The molecule has 0 bridgehead atoms. The Morgan fingerprint density at radius 2 is 1.71 bits per heavy atom. The zero-order valence-corrected chi connectivity index (χ0v) is 18.5. The second kappa shape index (κ2) is 10.2. The summed E-state index contributed by atoms with van der Waals surface area (Å²) in [5, 5.41) is 5.00. The molecule has 6 nitrogen and oxygen atoms in total. The number of carbonyl (C=O) groups is 2. The predicted octanol–water partition coefficient (Wildman–Crippen LogP) is 2.68. The van der Waals surface area contributed by atoms with E-state index in [0.29, 0.717) is 19.6 Å². The van der Waals surface area contributed by atoms with Gasteiger partial charge in [0.25, 0.3) is 5.91 Å². The number of rotatable bonds is 6. The van der Waals surface area contributed by atoms with Gasteiger partial charge in [0.2, 0.25) is 5.91 Å². The summed E-state index contributed by atoms with van der Waals surface area (Å²) in [6.45, 7) is 6.41. The lowest BCUT2D eigenvalue weighted by atomic mass is 9.96. The largest absolute Gasteiger partial charge is 0.369 e. The molecule has 0 radical (unpaired) electrons. The number of likely N-dealkylation sites (tertiary alicyclic amines) is 1. The van der Waals surface area contributed by atoms with Crippen molar-refractivity contribution >= 4 is 28.8 Å². The van der Waals surface area contributed by atoms with Gasteiger partial charge in [0.1, 0.15) is 5.82 Å². The topological polar surface area (TPSA) is 55.9 Å². The molecule has 0 unspecified atom stereocenters. The first kappa shape index (κ1) is 21.8. The maximum atomic E-state index is 13.1. The highest BCUT2D eigenvalue weighted by molar-refractivity contribution is 7.12. The number of halogens is 1. The minimum Gasteiger partial charge on any atom is -0.369 e. The van der Waals surface area contributed by atoms with Crippen LogP contribution in [0.4, 0.5) is 10.1 Å². The third-order valence-electron chi connectivity index (χ3n) is 6.18. The Balaban J connectivity index is 1.13. The molecule has 2 aromatic rings. The molecule has 31 heavy (non-hydrogen) atoms. The Bertz CT molecular complexity index is 858. The van der Waals surface area contributed by atoms with Crippen LogP contribution >= 0.6 is 11.3 Å². The zero-order chi connectivity index (χ0) is 21.6. The minimum absolute atomic E-state index is 0.0114. The van der Waals surface area contributed by atoms with Gasteiger partial charge in [0.05, 0.1) is 4.88 Å². The fourth-order valence-corrected chi connectivity index (χ4v) is 4.95. The lowest BCUT2D eigenvalue weighted by Gasteiger charge is -2.36. The Morgan fingerprint density at radius 1 is 1.00 bits per heavy atom. The van der Waals surface area contributed by atoms with Crippen molar-refractivity contribution in [1.29, 1.82) is 0 Å². The van der Waals surface area contributed by atoms with E-state index in [4.69, 9.17) is 0 Å². The van der Waals surface area contributed by atoms with Crippen molar-refractivity contribution in [3.05, 3.63) is 52.5 Å². The summed E-state index contributed by atoms with van der Waals surface area (Å²) in [6.07, 6.45) is 1.44. The van der Waals surface area contributed by atoms with Gasteiger partial charge < -0.3 is 15.1 Å². The molecule has 166 valence electrons. The van der Waals surface area contributed by atoms with Gasteiger partial charge in [-0.05, 0) is 48.6 Å². The molecule has 3 heterocycles. The molecular formula is C23H29FN4O2S. The summed E-state index contributed by atoms with van der Waals surface area (Å²) in [7, 11) is 0. The van der Waals surface area contributed by atoms with Crippen LogP contribution in [0.5, 0.6) is 0 Å². The van der Waals surface area contributed by atoms with E-state index in [1.165, 1.54) is 23.5 Å². The third-order valence-corrected chi connectivity index (χ3v) is 7.03. The standard InChI is InChI=1S/C23H29FN4O2S/c24-19-3-5-20(6-4-19)27-15-13-26(14-16-27)12-9-25-22(29)18-7-10-28(11-8-18)23(30)21-2-1-17-31-21/h1-6,17-18H,7-16H2,(H,25,29). The van der Waals surface area contributed by atoms with Crippen LogP contribution in [0, 0.1) is 11.7 Å². The third kappa shape index (κ3) is 5.62. The molecule has 2 amide bonds. The van der Waals surface area contributed by atoms with Crippen molar-refractivity contribution in [2.45, 2.75) is 12.8 Å². The second-order valence-electron chi connectivity index (χ2n) is 8.14. The van der Waals surface area contributed by atoms with Crippen molar-refractivity contribution in [1.82, 2.24) is 15.1 Å². The second-order valence-corrected chi connectivity index (χ2v) is 9.09. The number of nitrogens with zero attached hydrogens (tertiary/aromatic N) is 3. The van der Waals surface area contributed by atoms with Gasteiger partial charge in [-0.3, -0.25) is 14.5 Å². The molecule has 0 spiro atoms. The Labute approximate surface area is 186 Å². The molecule has 1 aromatic heterocycles. The van der Waals surface area contributed by atoms with E-state index in [1.54, 1.807) is 0 Å². The quantitative estimate of drug-likeness (QED) is 0.744. The summed E-state index contributed by atoms with van der Waals surface area (Å²) < 4.78 is 13.1. The van der Waals surface area contributed by atoms with Crippen molar-refractivity contribution < 1.29 is 14.0 Å². The van der Waals surface area contributed by atoms with Crippen molar-refractivity contribution in [2.75, 3.05) is 57.3 Å². The molecule has 0 saturated carbocycles. The van der Waals surface area contributed by atoms with Crippen LogP contribution in [0.2, 0.25) is 0 Å². The van der Waals surface area contributed by atoms with Crippen molar-refractivity contribution in [3.63, 3.8) is 0 Å². The van der Waals surface area contributed by atoms with Gasteiger partial charge in [0, 0.05) is 64.0 Å². The van der Waals surface area contributed by atoms with Crippen LogP contribution in [0.1, 0.15) is 22.5 Å². The van der Waals surface area contributed by atoms with Gasteiger partial charge in [-0.2, -0.15) is 0 Å². The predicted molar refractivity (Wildman–Crippen MR) is 121 cm³/mol. The summed E-state index contributed by atoms with van der Waals surface area (Å²) in [5.74, 6) is -0.0394. The summed E-state index contributed by atoms with van der Waals surface area (Å²) in [6, 6.07) is 10.4. The molecular weight excluding hydrogens is 415 g/mol. The molecule has 4 rings (SSSR count). The molecule has 0 aliphatic carbocycles. The number of amides is 2. The van der Waals surface area contributed by atoms with E-state index in [1.807, 2.05) is 34.5 Å². The first-order valence-corrected chi connectivity index (χ1v) is 11.8. The number of carbonyl (C=O) groups excluding carboxylic acids is 2. The molecule has 2 fully saturated rings. The smallest absolute Gasteiger partial charge is 0.263 e. The van der Waals surface area contributed by atoms with Crippen LogP contribution in [0.3, 0.4) is 0 Å². The zero-order valence-electron chi connectivity index (χ0n) is 17.6. The first-order valence-electron chi connectivity index (χ1n) is 10.9. The Kier molecular flexibility index (Phi) is 7.19. The summed E-state index contributed by atoms with van der Waals surface area (Å²) in [4.78, 5) is 32.2. The van der Waals surface area contributed by atoms with Crippen LogP contribution in [-0.2, 0) is 4.79 Å². The number of hydrogen-bond acceptors (Lipinski definition) is 5. The summed E-state index contributed by atoms with van der Waals surface area (Å²) in [5.41, 5.74) is 1.05. The Hall–Kier alpha value is -2.45. The number of piperazine rings is 1. The van der Waals surface area contributed by atoms with E-state index in [-0.39, 0.29) is 23.5 Å². The van der Waals surface area contributed by atoms with E-state index < -0.39 is 0 Å². The van der Waals surface area contributed by atoms with E-state index in [0.717, 1.165) is 56.1 Å². The lowest BCUT2D eigenvalue weighted by molar-refractivity contribution is -0.126. The van der Waals surface area contributed by atoms with Crippen molar-refractivity contribution in [3.8, 4) is 0 Å². The number of piperidine rings is 1. The number of thiophene rings is 1. The van der Waals surface area contributed by atoms with Gasteiger partial charge in [-0.15, -0.1) is 11.3 Å².